The van der Waals surface area contributed by atoms with Crippen molar-refractivity contribution in [3.8, 4) is 0 Å². The smallest absolute Gasteiger partial charge is 0.108 e. The Bertz CT molecular complexity index is 490. The van der Waals surface area contributed by atoms with E-state index >= 15 is 0 Å². The molecule has 0 aliphatic heterocycles. The Morgan fingerprint density at radius 1 is 1.25 bits per heavy atom. The number of imidazole rings is 1. The molecule has 20 heavy (non-hydrogen) atoms. The van der Waals surface area contributed by atoms with Crippen LogP contribution in [-0.2, 0) is 13.5 Å². The van der Waals surface area contributed by atoms with Gasteiger partial charge in [-0.1, -0.05) is 37.3 Å². The molecule has 0 bridgehead atoms. The highest BCUT2D eigenvalue weighted by Gasteiger charge is 2.11. The van der Waals surface area contributed by atoms with Gasteiger partial charge in [-0.3, -0.25) is 0 Å². The van der Waals surface area contributed by atoms with Gasteiger partial charge in [-0.25, -0.2) is 4.98 Å². The van der Waals surface area contributed by atoms with E-state index in [1.165, 1.54) is 24.2 Å². The van der Waals surface area contributed by atoms with Gasteiger partial charge in [-0.15, -0.1) is 0 Å². The second-order valence-corrected chi connectivity index (χ2v) is 5.26. The summed E-state index contributed by atoms with van der Waals surface area (Å²) in [5.41, 5.74) is 1.44. The molecule has 108 valence electrons. The van der Waals surface area contributed by atoms with Gasteiger partial charge in [-0.05, 0) is 30.9 Å². The summed E-state index contributed by atoms with van der Waals surface area (Å²) in [5.74, 6) is 1.77. The summed E-state index contributed by atoms with van der Waals surface area (Å²) in [5, 5.41) is 3.48. The minimum Gasteiger partial charge on any atom is -0.338 e. The van der Waals surface area contributed by atoms with E-state index in [1.54, 1.807) is 0 Å². The molecule has 1 atom stereocenters. The number of benzene rings is 1. The predicted molar refractivity (Wildman–Crippen MR) is 83.9 cm³/mol. The van der Waals surface area contributed by atoms with E-state index in [-0.39, 0.29) is 0 Å². The fourth-order valence-corrected chi connectivity index (χ4v) is 2.57. The van der Waals surface area contributed by atoms with Gasteiger partial charge < -0.3 is 9.88 Å². The summed E-state index contributed by atoms with van der Waals surface area (Å²) in [7, 11) is 2.07. The first kappa shape index (κ1) is 14.8. The first-order chi connectivity index (χ1) is 9.81. The van der Waals surface area contributed by atoms with E-state index < -0.39 is 0 Å². The number of nitrogens with zero attached hydrogens (tertiary/aromatic N) is 2. The Morgan fingerprint density at radius 2 is 2.05 bits per heavy atom. The summed E-state index contributed by atoms with van der Waals surface area (Å²) in [6.45, 7) is 4.25. The highest BCUT2D eigenvalue weighted by molar-refractivity contribution is 5.19. The van der Waals surface area contributed by atoms with Crippen molar-refractivity contribution in [2.45, 2.75) is 32.1 Å². The lowest BCUT2D eigenvalue weighted by molar-refractivity contribution is 0.535. The van der Waals surface area contributed by atoms with Crippen LogP contribution in [-0.4, -0.2) is 22.6 Å². The van der Waals surface area contributed by atoms with Crippen molar-refractivity contribution in [1.29, 1.82) is 0 Å². The molecule has 0 aliphatic rings. The normalized spacial score (nSPS) is 12.5. The van der Waals surface area contributed by atoms with Crippen LogP contribution in [0.5, 0.6) is 0 Å². The molecule has 1 heterocycles. The van der Waals surface area contributed by atoms with Crippen molar-refractivity contribution in [3.63, 3.8) is 0 Å². The van der Waals surface area contributed by atoms with Crippen LogP contribution in [0, 0.1) is 0 Å². The third-order valence-electron chi connectivity index (χ3n) is 3.79. The number of likely N-dealkylation sites (N-methyl/N-ethyl adjacent to an activating group) is 1. The Balaban J connectivity index is 1.89. The summed E-state index contributed by atoms with van der Waals surface area (Å²) in [4.78, 5) is 4.39. The van der Waals surface area contributed by atoms with Crippen molar-refractivity contribution in [2.75, 3.05) is 13.1 Å². The van der Waals surface area contributed by atoms with Crippen LogP contribution in [0.4, 0.5) is 0 Å². The molecule has 1 aromatic heterocycles. The molecule has 0 fully saturated rings. The van der Waals surface area contributed by atoms with Crippen molar-refractivity contribution in [1.82, 2.24) is 14.9 Å². The molecule has 3 heteroatoms. The molecule has 1 unspecified atom stereocenters. The molecule has 0 radical (unpaired) electrons. The summed E-state index contributed by atoms with van der Waals surface area (Å²) in [6.07, 6.45) is 7.32. The Labute approximate surface area is 122 Å². The Morgan fingerprint density at radius 3 is 2.70 bits per heavy atom. The largest absolute Gasteiger partial charge is 0.338 e. The van der Waals surface area contributed by atoms with Gasteiger partial charge in [0.2, 0.25) is 0 Å². The van der Waals surface area contributed by atoms with Crippen molar-refractivity contribution in [3.05, 3.63) is 54.1 Å². The minimum atomic E-state index is 0.594. The monoisotopic (exact) mass is 271 g/mol. The fourth-order valence-electron chi connectivity index (χ4n) is 2.57. The van der Waals surface area contributed by atoms with Crippen LogP contribution in [0.3, 0.4) is 0 Å². The maximum absolute atomic E-state index is 4.39. The summed E-state index contributed by atoms with van der Waals surface area (Å²) < 4.78 is 2.11. The quantitative estimate of drug-likeness (QED) is 0.799. The molecule has 1 aromatic carbocycles. The topological polar surface area (TPSA) is 29.9 Å². The van der Waals surface area contributed by atoms with E-state index in [9.17, 15) is 0 Å². The lowest BCUT2D eigenvalue weighted by Crippen LogP contribution is -2.21. The van der Waals surface area contributed by atoms with Crippen molar-refractivity contribution >= 4 is 0 Å². The minimum absolute atomic E-state index is 0.594. The van der Waals surface area contributed by atoms with Gasteiger partial charge in [0.05, 0.1) is 0 Å². The van der Waals surface area contributed by atoms with Gasteiger partial charge in [0.1, 0.15) is 5.82 Å². The number of hydrogen-bond donors (Lipinski definition) is 1. The second-order valence-electron chi connectivity index (χ2n) is 5.26. The lowest BCUT2D eigenvalue weighted by Gasteiger charge is -2.17. The van der Waals surface area contributed by atoms with Crippen LogP contribution >= 0.6 is 0 Å². The molecule has 0 aliphatic carbocycles. The van der Waals surface area contributed by atoms with Gasteiger partial charge in [-0.2, -0.15) is 0 Å². The first-order valence-corrected chi connectivity index (χ1v) is 7.53. The van der Waals surface area contributed by atoms with E-state index in [4.69, 9.17) is 0 Å². The lowest BCUT2D eigenvalue weighted by atomic mass is 9.93. The van der Waals surface area contributed by atoms with E-state index in [0.29, 0.717) is 5.92 Å². The van der Waals surface area contributed by atoms with Crippen molar-refractivity contribution in [2.24, 2.45) is 7.05 Å². The molecule has 0 amide bonds. The number of aromatic nitrogens is 2. The number of nitrogens with one attached hydrogen (secondary N) is 1. The highest BCUT2D eigenvalue weighted by atomic mass is 15.0. The molecule has 2 rings (SSSR count). The van der Waals surface area contributed by atoms with Gasteiger partial charge in [0.15, 0.2) is 0 Å². The Hall–Kier alpha value is -1.61. The fraction of sp³-hybridized carbons (Fsp3) is 0.471. The summed E-state index contributed by atoms with van der Waals surface area (Å²) in [6, 6.07) is 10.8. The molecule has 0 saturated heterocycles. The van der Waals surface area contributed by atoms with Gasteiger partial charge >= 0.3 is 0 Å². The van der Waals surface area contributed by atoms with Gasteiger partial charge in [0, 0.05) is 32.4 Å². The predicted octanol–water partition coefficient (Wildman–Crippen LogP) is 3.14. The van der Waals surface area contributed by atoms with Crippen molar-refractivity contribution < 1.29 is 0 Å². The zero-order valence-corrected chi connectivity index (χ0v) is 12.5. The van der Waals surface area contributed by atoms with E-state index in [1.807, 2.05) is 12.4 Å². The second kappa shape index (κ2) is 7.85. The van der Waals surface area contributed by atoms with Crippen LogP contribution in [0.15, 0.2) is 42.7 Å². The highest BCUT2D eigenvalue weighted by Crippen LogP contribution is 2.21. The third-order valence-corrected chi connectivity index (χ3v) is 3.79. The molecule has 3 nitrogen and oxygen atoms in total. The zero-order chi connectivity index (χ0) is 14.2. The van der Waals surface area contributed by atoms with Gasteiger partial charge in [0.25, 0.3) is 0 Å². The SMILES string of the molecule is CCNCC(CCCc1nccn1C)c1ccccc1. The number of rotatable bonds is 8. The number of aryl methyl sites for hydroxylation is 2. The third kappa shape index (κ3) is 4.20. The molecule has 2 aromatic rings. The Kier molecular flexibility index (Phi) is 5.81. The van der Waals surface area contributed by atoms with Crippen LogP contribution < -0.4 is 5.32 Å². The molecular formula is C17H25N3. The molecule has 0 spiro atoms. The zero-order valence-electron chi connectivity index (χ0n) is 12.5. The molecule has 0 saturated carbocycles. The van der Waals surface area contributed by atoms with Crippen LogP contribution in [0.1, 0.15) is 37.1 Å². The first-order valence-electron chi connectivity index (χ1n) is 7.53. The standard InChI is InChI=1S/C17H25N3/c1-3-18-14-16(15-8-5-4-6-9-15)10-7-11-17-19-12-13-20(17)2/h4-6,8-9,12-13,16,18H,3,7,10-11,14H2,1-2H3. The van der Waals surface area contributed by atoms with Crippen LogP contribution in [0.25, 0.3) is 0 Å². The van der Waals surface area contributed by atoms with E-state index in [0.717, 1.165) is 19.5 Å². The van der Waals surface area contributed by atoms with Crippen LogP contribution in [0.2, 0.25) is 0 Å². The van der Waals surface area contributed by atoms with E-state index in [2.05, 4.69) is 59.2 Å². The molecular weight excluding hydrogens is 246 g/mol. The molecule has 1 N–H and O–H groups in total. The average molecular weight is 271 g/mol. The summed E-state index contributed by atoms with van der Waals surface area (Å²) >= 11 is 0. The average Bonchev–Trinajstić information content (AvgIpc) is 2.89. The maximum Gasteiger partial charge on any atom is 0.108 e. The number of hydrogen-bond acceptors (Lipinski definition) is 2. The maximum atomic E-state index is 4.39.